The van der Waals surface area contributed by atoms with E-state index < -0.39 is 0 Å². The van der Waals surface area contributed by atoms with Crippen molar-refractivity contribution in [1.82, 2.24) is 15.3 Å². The molecule has 0 saturated carbocycles. The number of nitrogens with zero attached hydrogens (tertiary/aromatic N) is 2. The summed E-state index contributed by atoms with van der Waals surface area (Å²) in [6.07, 6.45) is 0.735. The van der Waals surface area contributed by atoms with Gasteiger partial charge in [-0.1, -0.05) is 11.6 Å². The Balaban J connectivity index is 2.19. The minimum Gasteiger partial charge on any atom is -0.495 e. The monoisotopic (exact) mass is 378 g/mol. The van der Waals surface area contributed by atoms with Crippen LogP contribution < -0.4 is 15.4 Å². The van der Waals surface area contributed by atoms with Crippen LogP contribution in [0.1, 0.15) is 28.2 Å². The van der Waals surface area contributed by atoms with Gasteiger partial charge in [-0.25, -0.2) is 9.97 Å². The van der Waals surface area contributed by atoms with E-state index in [9.17, 15) is 4.79 Å². The van der Waals surface area contributed by atoms with E-state index in [1.807, 2.05) is 13.0 Å². The van der Waals surface area contributed by atoms with Crippen LogP contribution in [0.5, 0.6) is 5.75 Å². The normalized spacial score (nSPS) is 10.5. The number of carbonyl (C=O) groups excluding carboxylic acids is 1. The lowest BCUT2D eigenvalue weighted by atomic mass is 10.2. The number of rotatable bonds is 8. The molecule has 0 unspecified atom stereocenters. The van der Waals surface area contributed by atoms with Gasteiger partial charge in [-0.2, -0.15) is 0 Å². The topological polar surface area (TPSA) is 85.4 Å². The summed E-state index contributed by atoms with van der Waals surface area (Å²) in [5.74, 6) is 0.622. The number of amides is 1. The molecule has 140 valence electrons. The lowest BCUT2D eigenvalue weighted by Crippen LogP contribution is -2.26. The van der Waals surface area contributed by atoms with Crippen molar-refractivity contribution in [3.05, 3.63) is 40.2 Å². The molecule has 7 nitrogen and oxygen atoms in total. The van der Waals surface area contributed by atoms with Crippen LogP contribution in [0.25, 0.3) is 0 Å². The van der Waals surface area contributed by atoms with Crippen LogP contribution in [-0.4, -0.2) is 43.2 Å². The number of anilines is 2. The van der Waals surface area contributed by atoms with Crippen molar-refractivity contribution >= 4 is 29.1 Å². The zero-order valence-corrected chi connectivity index (χ0v) is 16.1. The van der Waals surface area contributed by atoms with Gasteiger partial charge in [0.1, 0.15) is 11.4 Å². The highest BCUT2D eigenvalue weighted by Gasteiger charge is 2.13. The van der Waals surface area contributed by atoms with Crippen LogP contribution in [0, 0.1) is 13.8 Å². The van der Waals surface area contributed by atoms with E-state index in [1.165, 1.54) is 0 Å². The molecule has 0 radical (unpaired) electrons. The standard InChI is InChI=1S/C18H23ClN4O3/c1-11-8-14(16(26-4)10-13(11)19)22-18-21-12(2)9-15(23-18)17(24)20-6-5-7-25-3/h8-10H,5-7H2,1-4H3,(H,20,24)(H,21,22,23). The van der Waals surface area contributed by atoms with Crippen molar-refractivity contribution in [2.45, 2.75) is 20.3 Å². The number of halogens is 1. The Labute approximate surface area is 158 Å². The molecule has 1 heterocycles. The van der Waals surface area contributed by atoms with E-state index in [2.05, 4.69) is 20.6 Å². The maximum atomic E-state index is 12.3. The molecule has 2 aromatic rings. The zero-order valence-electron chi connectivity index (χ0n) is 15.4. The van der Waals surface area contributed by atoms with Crippen LogP contribution in [0.15, 0.2) is 18.2 Å². The van der Waals surface area contributed by atoms with Crippen molar-refractivity contribution in [2.75, 3.05) is 32.7 Å². The SMILES string of the molecule is COCCCNC(=O)c1cc(C)nc(Nc2cc(C)c(Cl)cc2OC)n1. The fraction of sp³-hybridized carbons (Fsp3) is 0.389. The van der Waals surface area contributed by atoms with E-state index in [0.29, 0.717) is 46.9 Å². The van der Waals surface area contributed by atoms with Crippen molar-refractivity contribution < 1.29 is 14.3 Å². The summed E-state index contributed by atoms with van der Waals surface area (Å²) in [7, 11) is 3.18. The van der Waals surface area contributed by atoms with Crippen LogP contribution in [-0.2, 0) is 4.74 Å². The molecule has 1 aromatic carbocycles. The Morgan fingerprint density at radius 2 is 1.96 bits per heavy atom. The van der Waals surface area contributed by atoms with Gasteiger partial charge in [-0.15, -0.1) is 0 Å². The fourth-order valence-corrected chi connectivity index (χ4v) is 2.45. The molecule has 0 spiro atoms. The third-order valence-corrected chi connectivity index (χ3v) is 4.03. The molecule has 0 saturated heterocycles. The predicted molar refractivity (Wildman–Crippen MR) is 102 cm³/mol. The summed E-state index contributed by atoms with van der Waals surface area (Å²) in [5.41, 5.74) is 2.53. The summed E-state index contributed by atoms with van der Waals surface area (Å²) in [6, 6.07) is 5.21. The third-order valence-electron chi connectivity index (χ3n) is 3.62. The molecule has 1 aromatic heterocycles. The number of carbonyl (C=O) groups is 1. The van der Waals surface area contributed by atoms with Gasteiger partial charge < -0.3 is 20.1 Å². The largest absolute Gasteiger partial charge is 0.495 e. The number of methoxy groups -OCH3 is 2. The van der Waals surface area contributed by atoms with E-state index >= 15 is 0 Å². The third kappa shape index (κ3) is 5.31. The quantitative estimate of drug-likeness (QED) is 0.686. The van der Waals surface area contributed by atoms with Crippen LogP contribution in [0.2, 0.25) is 5.02 Å². The highest BCUT2D eigenvalue weighted by Crippen LogP contribution is 2.32. The van der Waals surface area contributed by atoms with Gasteiger partial charge in [-0.3, -0.25) is 4.79 Å². The van der Waals surface area contributed by atoms with Gasteiger partial charge in [0.25, 0.3) is 5.91 Å². The smallest absolute Gasteiger partial charge is 0.270 e. The van der Waals surface area contributed by atoms with Crippen molar-refractivity contribution in [3.63, 3.8) is 0 Å². The van der Waals surface area contributed by atoms with E-state index in [1.54, 1.807) is 33.3 Å². The lowest BCUT2D eigenvalue weighted by molar-refractivity contribution is 0.0943. The molecule has 0 atom stereocenters. The molecule has 0 aliphatic heterocycles. The average Bonchev–Trinajstić information content (AvgIpc) is 2.61. The molecule has 2 rings (SSSR count). The number of hydrogen-bond acceptors (Lipinski definition) is 6. The Morgan fingerprint density at radius 3 is 2.65 bits per heavy atom. The number of aromatic nitrogens is 2. The van der Waals surface area contributed by atoms with E-state index in [0.717, 1.165) is 12.0 Å². The van der Waals surface area contributed by atoms with Crippen LogP contribution in [0.3, 0.4) is 0 Å². The summed E-state index contributed by atoms with van der Waals surface area (Å²) >= 11 is 6.13. The fourth-order valence-electron chi connectivity index (χ4n) is 2.30. The molecular formula is C18H23ClN4O3. The zero-order chi connectivity index (χ0) is 19.1. The maximum absolute atomic E-state index is 12.3. The van der Waals surface area contributed by atoms with E-state index in [-0.39, 0.29) is 5.91 Å². The number of benzene rings is 1. The Morgan fingerprint density at radius 1 is 1.19 bits per heavy atom. The number of hydrogen-bond donors (Lipinski definition) is 2. The van der Waals surface area contributed by atoms with Gasteiger partial charge in [0.05, 0.1) is 12.8 Å². The second-order valence-electron chi connectivity index (χ2n) is 5.75. The molecule has 0 bridgehead atoms. The van der Waals surface area contributed by atoms with Gasteiger partial charge >= 0.3 is 0 Å². The maximum Gasteiger partial charge on any atom is 0.270 e. The van der Waals surface area contributed by atoms with Crippen molar-refractivity contribution in [1.29, 1.82) is 0 Å². The second kappa shape index (κ2) is 9.35. The molecule has 2 N–H and O–H groups in total. The first kappa shape index (κ1) is 19.9. The summed E-state index contributed by atoms with van der Waals surface area (Å²) in [5, 5.41) is 6.52. The Kier molecular flexibility index (Phi) is 7.17. The second-order valence-corrected chi connectivity index (χ2v) is 6.15. The highest BCUT2D eigenvalue weighted by atomic mass is 35.5. The van der Waals surface area contributed by atoms with Gasteiger partial charge in [-0.05, 0) is 38.0 Å². The van der Waals surface area contributed by atoms with Gasteiger partial charge in [0.15, 0.2) is 0 Å². The number of aryl methyl sites for hydroxylation is 2. The number of ether oxygens (including phenoxy) is 2. The van der Waals surface area contributed by atoms with E-state index in [4.69, 9.17) is 21.1 Å². The molecule has 1 amide bonds. The molecule has 8 heteroatoms. The van der Waals surface area contributed by atoms with Crippen molar-refractivity contribution in [2.24, 2.45) is 0 Å². The summed E-state index contributed by atoms with van der Waals surface area (Å²) in [4.78, 5) is 20.9. The summed E-state index contributed by atoms with van der Waals surface area (Å²) < 4.78 is 10.3. The first-order valence-corrected chi connectivity index (χ1v) is 8.56. The van der Waals surface area contributed by atoms with Crippen LogP contribution >= 0.6 is 11.6 Å². The first-order chi connectivity index (χ1) is 12.4. The molecular weight excluding hydrogens is 356 g/mol. The Hall–Kier alpha value is -2.38. The van der Waals surface area contributed by atoms with Crippen LogP contribution in [0.4, 0.5) is 11.6 Å². The lowest BCUT2D eigenvalue weighted by Gasteiger charge is -2.13. The molecule has 26 heavy (non-hydrogen) atoms. The molecule has 0 fully saturated rings. The average molecular weight is 379 g/mol. The Bertz CT molecular complexity index is 783. The predicted octanol–water partition coefficient (Wildman–Crippen LogP) is 3.27. The van der Waals surface area contributed by atoms with Gasteiger partial charge in [0, 0.05) is 37.0 Å². The minimum atomic E-state index is -0.256. The minimum absolute atomic E-state index is 0.256. The number of nitrogens with one attached hydrogen (secondary N) is 2. The highest BCUT2D eigenvalue weighted by molar-refractivity contribution is 6.31. The van der Waals surface area contributed by atoms with Crippen molar-refractivity contribution in [3.8, 4) is 5.75 Å². The molecule has 0 aliphatic rings. The summed E-state index contributed by atoms with van der Waals surface area (Å²) in [6.45, 7) is 4.80. The first-order valence-electron chi connectivity index (χ1n) is 8.18. The molecule has 0 aliphatic carbocycles. The van der Waals surface area contributed by atoms with Gasteiger partial charge in [0.2, 0.25) is 5.95 Å².